The number of nitrogens with one attached hydrogen (secondary N) is 1. The fourth-order valence-electron chi connectivity index (χ4n) is 3.23. The van der Waals surface area contributed by atoms with Crippen LogP contribution in [0.1, 0.15) is 36.9 Å². The standard InChI is InChI=1S/C20H24FNO3S/c1-14(22-23)15-3-5-18(6-4-15)26-19-12-16(11-17(21)13-19)20(24-2)7-9-25-10-8-20/h3-6,11-14,22-23H,7-10H2,1-2H3. The molecule has 1 unspecified atom stereocenters. The lowest BCUT2D eigenvalue weighted by molar-refractivity contribution is -0.0950. The van der Waals surface area contributed by atoms with E-state index in [0.717, 1.165) is 33.8 Å². The summed E-state index contributed by atoms with van der Waals surface area (Å²) < 4.78 is 25.5. The smallest absolute Gasteiger partial charge is 0.124 e. The summed E-state index contributed by atoms with van der Waals surface area (Å²) in [5.41, 5.74) is 3.59. The molecule has 4 nitrogen and oxygen atoms in total. The van der Waals surface area contributed by atoms with Gasteiger partial charge in [-0.05, 0) is 48.4 Å². The first kappa shape index (κ1) is 19.3. The van der Waals surface area contributed by atoms with Gasteiger partial charge in [0, 0.05) is 43.0 Å². The van der Waals surface area contributed by atoms with Crippen molar-refractivity contribution in [2.24, 2.45) is 0 Å². The van der Waals surface area contributed by atoms with Gasteiger partial charge in [-0.1, -0.05) is 23.9 Å². The maximum atomic E-state index is 14.3. The largest absolute Gasteiger partial charge is 0.381 e. The highest BCUT2D eigenvalue weighted by molar-refractivity contribution is 7.99. The van der Waals surface area contributed by atoms with Crippen LogP contribution < -0.4 is 5.48 Å². The molecular formula is C20H24FNO3S. The van der Waals surface area contributed by atoms with Crippen molar-refractivity contribution in [3.63, 3.8) is 0 Å². The van der Waals surface area contributed by atoms with E-state index in [1.54, 1.807) is 19.2 Å². The van der Waals surface area contributed by atoms with E-state index >= 15 is 0 Å². The Morgan fingerprint density at radius 3 is 2.46 bits per heavy atom. The molecule has 1 heterocycles. The summed E-state index contributed by atoms with van der Waals surface area (Å²) in [6.07, 6.45) is 1.44. The predicted molar refractivity (Wildman–Crippen MR) is 99.0 cm³/mol. The molecule has 1 fully saturated rings. The van der Waals surface area contributed by atoms with Gasteiger partial charge in [0.05, 0.1) is 11.6 Å². The quantitative estimate of drug-likeness (QED) is 0.717. The van der Waals surface area contributed by atoms with Crippen molar-refractivity contribution < 1.29 is 19.1 Å². The molecule has 0 spiro atoms. The Bertz CT molecular complexity index is 732. The molecule has 3 rings (SSSR count). The molecule has 2 N–H and O–H groups in total. The zero-order valence-electron chi connectivity index (χ0n) is 15.0. The molecule has 0 saturated carbocycles. The fourth-order valence-corrected chi connectivity index (χ4v) is 4.13. The SMILES string of the molecule is COC1(c2cc(F)cc(Sc3ccc(C(C)NO)cc3)c2)CCOCC1. The van der Waals surface area contributed by atoms with Crippen molar-refractivity contribution in [1.82, 2.24) is 5.48 Å². The molecule has 2 aromatic carbocycles. The number of halogens is 1. The summed E-state index contributed by atoms with van der Waals surface area (Å²) in [6.45, 7) is 3.11. The minimum atomic E-state index is -0.484. The van der Waals surface area contributed by atoms with Gasteiger partial charge in [-0.25, -0.2) is 4.39 Å². The van der Waals surface area contributed by atoms with E-state index < -0.39 is 5.60 Å². The van der Waals surface area contributed by atoms with Crippen molar-refractivity contribution in [2.45, 2.75) is 41.2 Å². The summed E-state index contributed by atoms with van der Waals surface area (Å²) in [4.78, 5) is 1.85. The van der Waals surface area contributed by atoms with Gasteiger partial charge in [0.15, 0.2) is 0 Å². The van der Waals surface area contributed by atoms with Crippen molar-refractivity contribution in [1.29, 1.82) is 0 Å². The van der Waals surface area contributed by atoms with E-state index in [1.807, 2.05) is 37.3 Å². The van der Waals surface area contributed by atoms with Gasteiger partial charge in [-0.2, -0.15) is 5.48 Å². The Morgan fingerprint density at radius 1 is 1.15 bits per heavy atom. The van der Waals surface area contributed by atoms with Gasteiger partial charge in [-0.3, -0.25) is 0 Å². The van der Waals surface area contributed by atoms with Crippen LogP contribution in [0.2, 0.25) is 0 Å². The number of methoxy groups -OCH3 is 1. The Kier molecular flexibility index (Phi) is 6.32. The first-order chi connectivity index (χ1) is 12.6. The predicted octanol–water partition coefficient (Wildman–Crippen LogP) is 4.67. The third kappa shape index (κ3) is 4.27. The minimum Gasteiger partial charge on any atom is -0.381 e. The molecule has 2 aromatic rings. The Labute approximate surface area is 157 Å². The van der Waals surface area contributed by atoms with E-state index in [0.29, 0.717) is 13.2 Å². The van der Waals surface area contributed by atoms with Crippen LogP contribution in [0.25, 0.3) is 0 Å². The molecule has 0 aromatic heterocycles. The zero-order valence-corrected chi connectivity index (χ0v) is 15.8. The number of hydrogen-bond donors (Lipinski definition) is 2. The van der Waals surface area contributed by atoms with Gasteiger partial charge in [0.2, 0.25) is 0 Å². The lowest BCUT2D eigenvalue weighted by Crippen LogP contribution is -2.35. The second-order valence-corrected chi connectivity index (χ2v) is 7.66. The fraction of sp³-hybridized carbons (Fsp3) is 0.400. The van der Waals surface area contributed by atoms with Crippen LogP contribution in [-0.2, 0) is 15.1 Å². The molecule has 1 atom stereocenters. The second-order valence-electron chi connectivity index (χ2n) is 6.51. The summed E-state index contributed by atoms with van der Waals surface area (Å²) in [7, 11) is 1.68. The molecule has 140 valence electrons. The van der Waals surface area contributed by atoms with E-state index in [9.17, 15) is 4.39 Å². The molecule has 0 bridgehead atoms. The Balaban J connectivity index is 1.83. The zero-order chi connectivity index (χ0) is 18.6. The molecule has 1 saturated heterocycles. The van der Waals surface area contributed by atoms with Gasteiger partial charge in [0.25, 0.3) is 0 Å². The van der Waals surface area contributed by atoms with Crippen LogP contribution in [0.15, 0.2) is 52.3 Å². The third-order valence-corrected chi connectivity index (χ3v) is 5.88. The summed E-state index contributed by atoms with van der Waals surface area (Å²) in [5.74, 6) is -0.261. The van der Waals surface area contributed by atoms with E-state index in [2.05, 4.69) is 5.48 Å². The molecule has 26 heavy (non-hydrogen) atoms. The topological polar surface area (TPSA) is 50.7 Å². The number of hydroxylamine groups is 1. The van der Waals surface area contributed by atoms with Crippen molar-refractivity contribution in [3.8, 4) is 0 Å². The van der Waals surface area contributed by atoms with Crippen LogP contribution in [-0.4, -0.2) is 25.5 Å². The van der Waals surface area contributed by atoms with E-state index in [4.69, 9.17) is 14.7 Å². The average Bonchev–Trinajstić information content (AvgIpc) is 2.68. The minimum absolute atomic E-state index is 0.134. The van der Waals surface area contributed by atoms with Gasteiger partial charge >= 0.3 is 0 Å². The number of benzene rings is 2. The van der Waals surface area contributed by atoms with Crippen molar-refractivity contribution in [3.05, 3.63) is 59.4 Å². The monoisotopic (exact) mass is 377 g/mol. The average molecular weight is 377 g/mol. The molecule has 0 amide bonds. The van der Waals surface area contributed by atoms with Crippen LogP contribution in [0.4, 0.5) is 4.39 Å². The van der Waals surface area contributed by atoms with Crippen LogP contribution in [0.3, 0.4) is 0 Å². The van der Waals surface area contributed by atoms with Crippen LogP contribution in [0, 0.1) is 5.82 Å². The summed E-state index contributed by atoms with van der Waals surface area (Å²) >= 11 is 1.51. The normalized spacial score (nSPS) is 17.8. The lowest BCUT2D eigenvalue weighted by atomic mass is 9.86. The molecule has 0 radical (unpaired) electrons. The molecule has 0 aliphatic carbocycles. The lowest BCUT2D eigenvalue weighted by Gasteiger charge is -2.36. The highest BCUT2D eigenvalue weighted by Gasteiger charge is 2.35. The Hall–Kier alpha value is -1.44. The number of ether oxygens (including phenoxy) is 2. The summed E-state index contributed by atoms with van der Waals surface area (Å²) in [6, 6.07) is 12.8. The molecular weight excluding hydrogens is 353 g/mol. The van der Waals surface area contributed by atoms with Gasteiger partial charge < -0.3 is 14.7 Å². The first-order valence-electron chi connectivity index (χ1n) is 8.68. The molecule has 1 aliphatic rings. The van der Waals surface area contributed by atoms with Crippen LogP contribution >= 0.6 is 11.8 Å². The second kappa shape index (κ2) is 8.50. The maximum absolute atomic E-state index is 14.3. The highest BCUT2D eigenvalue weighted by Crippen LogP contribution is 2.39. The molecule has 6 heteroatoms. The van der Waals surface area contributed by atoms with Crippen LogP contribution in [0.5, 0.6) is 0 Å². The highest BCUT2D eigenvalue weighted by atomic mass is 32.2. The van der Waals surface area contributed by atoms with Crippen molar-refractivity contribution >= 4 is 11.8 Å². The first-order valence-corrected chi connectivity index (χ1v) is 9.49. The Morgan fingerprint density at radius 2 is 1.85 bits per heavy atom. The third-order valence-electron chi connectivity index (χ3n) is 4.90. The van der Waals surface area contributed by atoms with E-state index in [-0.39, 0.29) is 11.9 Å². The maximum Gasteiger partial charge on any atom is 0.124 e. The van der Waals surface area contributed by atoms with E-state index in [1.165, 1.54) is 11.8 Å². The van der Waals surface area contributed by atoms with Gasteiger partial charge in [0.1, 0.15) is 5.82 Å². The summed E-state index contributed by atoms with van der Waals surface area (Å²) in [5, 5.41) is 9.01. The van der Waals surface area contributed by atoms with Gasteiger partial charge in [-0.15, -0.1) is 0 Å². The number of rotatable bonds is 6. The van der Waals surface area contributed by atoms with Crippen molar-refractivity contribution in [2.75, 3.05) is 20.3 Å². The number of hydrogen-bond acceptors (Lipinski definition) is 5. The molecule has 1 aliphatic heterocycles.